The number of carbonyl (C=O) groups is 4. The summed E-state index contributed by atoms with van der Waals surface area (Å²) in [7, 11) is 0. The number of carbonyl (C=O) groups excluding carboxylic acids is 4. The number of thiophene rings is 1. The van der Waals surface area contributed by atoms with Gasteiger partial charge in [-0.15, -0.1) is 11.3 Å². The van der Waals surface area contributed by atoms with E-state index in [2.05, 4.69) is 10.6 Å². The largest absolute Gasteiger partial charge is 0.451 e. The monoisotopic (exact) mass is 325 g/mol. The van der Waals surface area contributed by atoms with Crippen LogP contribution in [0, 0.1) is 0 Å². The van der Waals surface area contributed by atoms with E-state index >= 15 is 0 Å². The summed E-state index contributed by atoms with van der Waals surface area (Å²) in [6.45, 7) is 1.66. The summed E-state index contributed by atoms with van der Waals surface area (Å²) in [5, 5.41) is 6.63. The van der Waals surface area contributed by atoms with Crippen LogP contribution in [0.5, 0.6) is 0 Å². The van der Waals surface area contributed by atoms with Crippen molar-refractivity contribution in [2.75, 3.05) is 19.6 Å². The summed E-state index contributed by atoms with van der Waals surface area (Å²) in [6.07, 6.45) is -1.09. The molecular weight excluding hydrogens is 310 g/mol. The van der Waals surface area contributed by atoms with E-state index in [4.69, 9.17) is 4.74 Å². The Morgan fingerprint density at radius 3 is 2.86 bits per heavy atom. The molecule has 2 heterocycles. The molecule has 0 aliphatic carbocycles. The van der Waals surface area contributed by atoms with Gasteiger partial charge in [-0.05, 0) is 18.4 Å². The Morgan fingerprint density at radius 2 is 2.27 bits per heavy atom. The first kappa shape index (κ1) is 16.0. The van der Waals surface area contributed by atoms with Crippen molar-refractivity contribution in [1.29, 1.82) is 0 Å². The summed E-state index contributed by atoms with van der Waals surface area (Å²) in [5.74, 6) is -1.72. The van der Waals surface area contributed by atoms with Crippen LogP contribution in [0.4, 0.5) is 4.79 Å². The Balaban J connectivity index is 1.77. The van der Waals surface area contributed by atoms with E-state index in [0.717, 1.165) is 4.90 Å². The zero-order valence-corrected chi connectivity index (χ0v) is 12.6. The van der Waals surface area contributed by atoms with Crippen LogP contribution in [-0.4, -0.2) is 54.5 Å². The van der Waals surface area contributed by atoms with Crippen LogP contribution >= 0.6 is 11.3 Å². The highest BCUT2D eigenvalue weighted by Gasteiger charge is 2.31. The second-order valence-electron chi connectivity index (χ2n) is 4.51. The lowest BCUT2D eigenvalue weighted by atomic mass is 10.3. The van der Waals surface area contributed by atoms with Gasteiger partial charge in [0.15, 0.2) is 6.10 Å². The molecule has 118 valence electrons. The van der Waals surface area contributed by atoms with E-state index in [-0.39, 0.29) is 19.0 Å². The molecule has 2 N–H and O–H groups in total. The van der Waals surface area contributed by atoms with Gasteiger partial charge in [-0.2, -0.15) is 0 Å². The van der Waals surface area contributed by atoms with Crippen molar-refractivity contribution in [3.63, 3.8) is 0 Å². The number of hydrogen-bond donors (Lipinski definition) is 2. The van der Waals surface area contributed by atoms with Gasteiger partial charge < -0.3 is 15.4 Å². The summed E-state index contributed by atoms with van der Waals surface area (Å²) in [4.78, 5) is 48.0. The molecule has 1 aromatic rings. The molecule has 1 aliphatic heterocycles. The second-order valence-corrected chi connectivity index (χ2v) is 5.46. The Labute approximate surface area is 130 Å². The van der Waals surface area contributed by atoms with E-state index in [9.17, 15) is 19.2 Å². The molecule has 0 bridgehead atoms. The van der Waals surface area contributed by atoms with E-state index in [1.54, 1.807) is 17.5 Å². The lowest BCUT2D eigenvalue weighted by Gasteiger charge is -2.18. The van der Waals surface area contributed by atoms with E-state index in [0.29, 0.717) is 11.4 Å². The SMILES string of the molecule is C[C@H](OC(=O)CNC(=O)c1cccs1)C(=O)N1CCNC1=O. The van der Waals surface area contributed by atoms with Crippen molar-refractivity contribution in [3.05, 3.63) is 22.4 Å². The third kappa shape index (κ3) is 3.82. The minimum Gasteiger partial charge on any atom is -0.451 e. The van der Waals surface area contributed by atoms with Gasteiger partial charge in [0.25, 0.3) is 11.8 Å². The normalized spacial score (nSPS) is 15.1. The third-order valence-corrected chi connectivity index (χ3v) is 3.79. The minimum atomic E-state index is -1.09. The number of urea groups is 1. The highest BCUT2D eigenvalue weighted by molar-refractivity contribution is 7.12. The first-order valence-corrected chi connectivity index (χ1v) is 7.47. The fourth-order valence-electron chi connectivity index (χ4n) is 1.84. The van der Waals surface area contributed by atoms with Gasteiger partial charge in [0.05, 0.1) is 4.88 Å². The minimum absolute atomic E-state index is 0.245. The topological polar surface area (TPSA) is 105 Å². The molecule has 0 radical (unpaired) electrons. The van der Waals surface area contributed by atoms with Crippen LogP contribution in [0.15, 0.2) is 17.5 Å². The maximum atomic E-state index is 11.9. The van der Waals surface area contributed by atoms with Crippen LogP contribution in [0.25, 0.3) is 0 Å². The molecule has 1 aliphatic rings. The average Bonchev–Trinajstić information content (AvgIpc) is 3.15. The summed E-state index contributed by atoms with van der Waals surface area (Å²) >= 11 is 1.25. The number of amides is 4. The van der Waals surface area contributed by atoms with Crippen molar-refractivity contribution >= 4 is 35.2 Å². The molecule has 22 heavy (non-hydrogen) atoms. The standard InChI is InChI=1S/C13H15N3O5S/c1-8(12(19)16-5-4-14-13(16)20)21-10(17)7-15-11(18)9-3-2-6-22-9/h2-3,6,8H,4-5,7H2,1H3,(H,14,20)(H,15,18)/t8-/m0/s1. The van der Waals surface area contributed by atoms with Gasteiger partial charge in [0.2, 0.25) is 0 Å². The lowest BCUT2D eigenvalue weighted by Crippen LogP contribution is -2.43. The molecule has 1 aromatic heterocycles. The van der Waals surface area contributed by atoms with Crippen molar-refractivity contribution in [3.8, 4) is 0 Å². The van der Waals surface area contributed by atoms with Crippen molar-refractivity contribution in [2.45, 2.75) is 13.0 Å². The number of rotatable bonds is 5. The molecule has 1 saturated heterocycles. The predicted octanol–water partition coefficient (Wildman–Crippen LogP) is -0.0386. The van der Waals surface area contributed by atoms with Crippen molar-refractivity contribution in [1.82, 2.24) is 15.5 Å². The molecule has 0 unspecified atom stereocenters. The fraction of sp³-hybridized carbons (Fsp3) is 0.385. The predicted molar refractivity (Wildman–Crippen MR) is 77.3 cm³/mol. The van der Waals surface area contributed by atoms with Gasteiger partial charge in [0.1, 0.15) is 6.54 Å². The Bertz CT molecular complexity index is 587. The molecule has 9 heteroatoms. The number of hydrogen-bond acceptors (Lipinski definition) is 6. The fourth-order valence-corrected chi connectivity index (χ4v) is 2.48. The van der Waals surface area contributed by atoms with Gasteiger partial charge in [-0.25, -0.2) is 4.79 Å². The zero-order valence-electron chi connectivity index (χ0n) is 11.8. The summed E-state index contributed by atoms with van der Waals surface area (Å²) in [6, 6.07) is 2.85. The Morgan fingerprint density at radius 1 is 1.50 bits per heavy atom. The molecule has 8 nitrogen and oxygen atoms in total. The Kier molecular flexibility index (Phi) is 5.10. The summed E-state index contributed by atoms with van der Waals surface area (Å²) in [5.41, 5.74) is 0. The van der Waals surface area contributed by atoms with Crippen LogP contribution < -0.4 is 10.6 Å². The zero-order chi connectivity index (χ0) is 16.1. The molecule has 0 aromatic carbocycles. The van der Waals surface area contributed by atoms with E-state index in [1.807, 2.05) is 0 Å². The van der Waals surface area contributed by atoms with E-state index in [1.165, 1.54) is 18.3 Å². The van der Waals surface area contributed by atoms with Crippen LogP contribution in [0.2, 0.25) is 0 Å². The molecule has 0 spiro atoms. The van der Waals surface area contributed by atoms with Crippen LogP contribution in [0.3, 0.4) is 0 Å². The van der Waals surface area contributed by atoms with Crippen LogP contribution in [-0.2, 0) is 14.3 Å². The van der Waals surface area contributed by atoms with Crippen LogP contribution in [0.1, 0.15) is 16.6 Å². The number of nitrogens with one attached hydrogen (secondary N) is 2. The lowest BCUT2D eigenvalue weighted by molar-refractivity contribution is -0.156. The Hall–Kier alpha value is -2.42. The van der Waals surface area contributed by atoms with Gasteiger partial charge in [0, 0.05) is 13.1 Å². The maximum Gasteiger partial charge on any atom is 0.326 e. The quantitative estimate of drug-likeness (QED) is 0.739. The molecule has 1 atom stereocenters. The molecule has 4 amide bonds. The highest BCUT2D eigenvalue weighted by atomic mass is 32.1. The molecule has 0 saturated carbocycles. The second kappa shape index (κ2) is 7.03. The third-order valence-electron chi connectivity index (χ3n) is 2.92. The maximum absolute atomic E-state index is 11.9. The average molecular weight is 325 g/mol. The van der Waals surface area contributed by atoms with Gasteiger partial charge in [-0.1, -0.05) is 6.07 Å². The summed E-state index contributed by atoms with van der Waals surface area (Å²) < 4.78 is 4.92. The number of imide groups is 1. The van der Waals surface area contributed by atoms with Crippen molar-refractivity contribution in [2.24, 2.45) is 0 Å². The van der Waals surface area contributed by atoms with Gasteiger partial charge >= 0.3 is 12.0 Å². The first-order chi connectivity index (χ1) is 10.5. The van der Waals surface area contributed by atoms with Gasteiger partial charge in [-0.3, -0.25) is 19.3 Å². The smallest absolute Gasteiger partial charge is 0.326 e. The molecule has 2 rings (SSSR count). The van der Waals surface area contributed by atoms with Crippen molar-refractivity contribution < 1.29 is 23.9 Å². The first-order valence-electron chi connectivity index (χ1n) is 6.59. The van der Waals surface area contributed by atoms with E-state index < -0.39 is 24.0 Å². The molecule has 1 fully saturated rings. The highest BCUT2D eigenvalue weighted by Crippen LogP contribution is 2.08. The number of esters is 1. The molecular formula is C13H15N3O5S. The number of ether oxygens (including phenoxy) is 1. The number of nitrogens with zero attached hydrogens (tertiary/aromatic N) is 1.